The number of unbranched alkanes of at least 4 members (excludes halogenated alkanes) is 5. The van der Waals surface area contributed by atoms with Crippen LogP contribution in [0.2, 0.25) is 0 Å². The van der Waals surface area contributed by atoms with Crippen LogP contribution in [0.5, 0.6) is 0 Å². The van der Waals surface area contributed by atoms with Crippen LogP contribution in [0.15, 0.2) is 48.0 Å². The molecule has 12 heteroatoms. The topological polar surface area (TPSA) is 76.3 Å². The number of benzene rings is 1. The van der Waals surface area contributed by atoms with Crippen LogP contribution >= 0.6 is 11.8 Å². The Morgan fingerprint density at radius 1 is 1.02 bits per heavy atom. The minimum atomic E-state index is -0.981. The van der Waals surface area contributed by atoms with E-state index in [0.717, 1.165) is 38.4 Å². The molecule has 228 valence electrons. The summed E-state index contributed by atoms with van der Waals surface area (Å²) in [7, 11) is 0.920. The van der Waals surface area contributed by atoms with E-state index in [-0.39, 0.29) is 18.3 Å². The van der Waals surface area contributed by atoms with Crippen molar-refractivity contribution in [3.8, 4) is 0 Å². The average Bonchev–Trinajstić information content (AvgIpc) is 3.40. The quantitative estimate of drug-likeness (QED) is 0.125. The normalized spacial score (nSPS) is 14.8. The zero-order valence-electron chi connectivity index (χ0n) is 24.5. The van der Waals surface area contributed by atoms with Crippen molar-refractivity contribution in [2.45, 2.75) is 69.3 Å². The first-order chi connectivity index (χ1) is 20.3. The van der Waals surface area contributed by atoms with Crippen LogP contribution in [0.1, 0.15) is 62.1 Å². The average molecular weight is 785 g/mol. The first-order valence-corrected chi connectivity index (χ1v) is 18.4. The van der Waals surface area contributed by atoms with Crippen molar-refractivity contribution in [3.05, 3.63) is 69.0 Å². The molecule has 0 radical (unpaired) electrons. The molecule has 1 saturated heterocycles. The number of rotatable bonds is 15. The maximum atomic E-state index is 13.5. The fraction of sp³-hybridized carbons (Fsp3) is 0.533. The van der Waals surface area contributed by atoms with Crippen molar-refractivity contribution in [1.29, 1.82) is 0 Å². The monoisotopic (exact) mass is 784 g/mol. The van der Waals surface area contributed by atoms with Crippen LogP contribution in [0, 0.1) is 9.49 Å². The van der Waals surface area contributed by atoms with Crippen LogP contribution in [-0.4, -0.2) is 70.6 Å². The van der Waals surface area contributed by atoms with Gasteiger partial charge >= 0.3 is 222 Å². The molecule has 0 N–H and O–H groups in total. The van der Waals surface area contributed by atoms with Crippen LogP contribution in [0.3, 0.4) is 0 Å². The Morgan fingerprint density at radius 2 is 1.74 bits per heavy atom. The molecule has 2 aromatic heterocycles. The molecule has 0 saturated carbocycles. The van der Waals surface area contributed by atoms with Crippen molar-refractivity contribution in [1.82, 2.24) is 28.5 Å². The molecular formula is C30H41FN6O2S2W. The second-order valence-electron chi connectivity index (χ2n) is 10.7. The van der Waals surface area contributed by atoms with Gasteiger partial charge in [0.25, 0.3) is 0 Å². The van der Waals surface area contributed by atoms with Gasteiger partial charge in [0.2, 0.25) is 0 Å². The summed E-state index contributed by atoms with van der Waals surface area (Å²) < 4.78 is 33.0. The summed E-state index contributed by atoms with van der Waals surface area (Å²) in [5.41, 5.74) is 3.17. The van der Waals surface area contributed by atoms with Crippen molar-refractivity contribution in [3.63, 3.8) is 0 Å². The van der Waals surface area contributed by atoms with Crippen molar-refractivity contribution in [2.75, 3.05) is 31.9 Å². The Hall–Kier alpha value is -1.94. The Kier molecular flexibility index (Phi) is 13.2. The summed E-state index contributed by atoms with van der Waals surface area (Å²) in [6, 6.07) is 6.49. The third kappa shape index (κ3) is 10.1. The molecule has 1 amide bonds. The first kappa shape index (κ1) is 33.0. The molecule has 0 aliphatic carbocycles. The van der Waals surface area contributed by atoms with Gasteiger partial charge in [-0.05, 0) is 6.42 Å². The molecule has 1 unspecified atom stereocenters. The van der Waals surface area contributed by atoms with Gasteiger partial charge in [-0.25, -0.2) is 0 Å². The summed E-state index contributed by atoms with van der Waals surface area (Å²) in [5.74, 6) is 1.12. The number of nitrogens with zero attached hydrogens (tertiary/aromatic N) is 6. The molecule has 3 heterocycles. The number of carbonyl (C=O) groups excluding carboxylic acids is 1. The summed E-state index contributed by atoms with van der Waals surface area (Å²) in [4.78, 5) is 20.3. The van der Waals surface area contributed by atoms with Crippen LogP contribution in [0.4, 0.5) is 4.39 Å². The Bertz CT molecular complexity index is 1390. The van der Waals surface area contributed by atoms with E-state index in [1.54, 1.807) is 28.6 Å². The molecule has 1 aliphatic heterocycles. The standard InChI is InChI=1S/C30H41FN6O2S2.W/c1-3-4-5-6-7-8-17-41(39)37-15-13-35(14-16-37)29(38)23-36-22-26(18-27-20-33-34(2)21-27)19-32-30(36)40-24-25-9-11-28(31)12-10-25;/h9-12,20-22H,3-8,13-18,23-24H2,1-2H3;. The zero-order chi connectivity index (χ0) is 29.9. The van der Waals surface area contributed by atoms with Crippen LogP contribution in [0.25, 0.3) is 0 Å². The molecule has 42 heavy (non-hydrogen) atoms. The first-order valence-electron chi connectivity index (χ1n) is 14.7. The fourth-order valence-electron chi connectivity index (χ4n) is 4.90. The molecule has 8 nitrogen and oxygen atoms in total. The number of carbonyl (C=O) groups is 1. The number of amides is 1. The molecule has 0 spiro atoms. The predicted molar refractivity (Wildman–Crippen MR) is 162 cm³/mol. The number of aryl methyl sites for hydroxylation is 1. The molecule has 0 bridgehead atoms. The van der Waals surface area contributed by atoms with Crippen LogP contribution in [-0.2, 0) is 60.9 Å². The zero-order valence-corrected chi connectivity index (χ0v) is 29.1. The SMILES string of the molecule is CCCCCCCCS(=O)N1CCN(C(=O)Cn2cc(Cc3cnn(C)c3)[c](=[W])nc2SCc2ccc(F)cc2)CC1. The van der Waals surface area contributed by atoms with E-state index in [1.165, 1.54) is 57.2 Å². The van der Waals surface area contributed by atoms with Crippen molar-refractivity contribution < 1.29 is 32.7 Å². The number of aromatic nitrogens is 4. The maximum absolute atomic E-state index is 13.5. The van der Waals surface area contributed by atoms with E-state index in [9.17, 15) is 13.4 Å². The van der Waals surface area contributed by atoms with Gasteiger partial charge in [0, 0.05) is 0 Å². The second kappa shape index (κ2) is 16.8. The molecule has 3 aromatic rings. The van der Waals surface area contributed by atoms with Gasteiger partial charge in [-0.1, -0.05) is 39.0 Å². The van der Waals surface area contributed by atoms with E-state index < -0.39 is 11.0 Å². The second-order valence-corrected chi connectivity index (χ2v) is 14.6. The van der Waals surface area contributed by atoms with Gasteiger partial charge < -0.3 is 0 Å². The third-order valence-corrected chi connectivity index (χ3v) is 11.2. The molecule has 1 fully saturated rings. The number of hydrogen-bond donors (Lipinski definition) is 0. The molecule has 1 aliphatic rings. The third-order valence-electron chi connectivity index (χ3n) is 7.32. The van der Waals surface area contributed by atoms with Gasteiger partial charge in [0.1, 0.15) is 0 Å². The van der Waals surface area contributed by atoms with Gasteiger partial charge in [-0.15, -0.1) is 0 Å². The Labute approximate surface area is 266 Å². The van der Waals surface area contributed by atoms with Gasteiger partial charge in [-0.3, -0.25) is 0 Å². The summed E-state index contributed by atoms with van der Waals surface area (Å²) in [6.45, 7) is 4.82. The number of halogens is 1. The predicted octanol–water partition coefficient (Wildman–Crippen LogP) is 4.89. The van der Waals surface area contributed by atoms with Gasteiger partial charge in [-0.2, -0.15) is 0 Å². The van der Waals surface area contributed by atoms with Crippen LogP contribution < -0.4 is 0 Å². The molecule has 1 atom stereocenters. The minimum absolute atomic E-state index is 0.0373. The van der Waals surface area contributed by atoms with E-state index in [2.05, 4.69) is 18.2 Å². The van der Waals surface area contributed by atoms with E-state index >= 15 is 0 Å². The Balaban J connectivity index is 1.38. The van der Waals surface area contributed by atoms with E-state index in [4.69, 9.17) is 4.98 Å². The summed E-state index contributed by atoms with van der Waals surface area (Å²) in [5, 5.41) is 5.06. The van der Waals surface area contributed by atoms with E-state index in [1.807, 2.05) is 33.2 Å². The van der Waals surface area contributed by atoms with Crippen molar-refractivity contribution in [2.24, 2.45) is 7.05 Å². The van der Waals surface area contributed by atoms with Gasteiger partial charge in [0.05, 0.1) is 0 Å². The van der Waals surface area contributed by atoms with E-state index in [0.29, 0.717) is 44.1 Å². The molecular weight excluding hydrogens is 743 g/mol. The summed E-state index contributed by atoms with van der Waals surface area (Å²) >= 11 is 2.81. The Morgan fingerprint density at radius 3 is 2.43 bits per heavy atom. The number of thioether (sulfide) groups is 1. The number of hydrogen-bond acceptors (Lipinski definition) is 5. The molecule has 1 aromatic carbocycles. The molecule has 4 rings (SSSR count). The van der Waals surface area contributed by atoms with Crippen molar-refractivity contribution >= 4 is 28.7 Å². The summed E-state index contributed by atoms with van der Waals surface area (Å²) in [6.07, 6.45) is 13.7. The fourth-order valence-corrected chi connectivity index (χ4v) is 8.10. The van der Waals surface area contributed by atoms with Gasteiger partial charge in [0.15, 0.2) is 0 Å². The number of piperazine rings is 1.